The minimum Gasteiger partial charge on any atom is -0.469 e. The van der Waals surface area contributed by atoms with Crippen LogP contribution in [0.1, 0.15) is 24.8 Å². The number of carbonyl (C=O) groups is 3. The first-order valence-electron chi connectivity index (χ1n) is 7.39. The van der Waals surface area contributed by atoms with E-state index in [4.69, 9.17) is 4.74 Å². The molecule has 4 atom stereocenters. The predicted molar refractivity (Wildman–Crippen MR) is 80.4 cm³/mol. The fourth-order valence-corrected chi connectivity index (χ4v) is 3.38. The second-order valence-corrected chi connectivity index (χ2v) is 6.08. The van der Waals surface area contributed by atoms with Crippen molar-refractivity contribution in [3.8, 4) is 0 Å². The van der Waals surface area contributed by atoms with Gasteiger partial charge in [-0.3, -0.25) is 14.4 Å². The molecule has 2 rings (SSSR count). The zero-order chi connectivity index (χ0) is 18.1. The summed E-state index contributed by atoms with van der Waals surface area (Å²) >= 11 is 0. The molecule has 130 valence electrons. The molecule has 0 aliphatic heterocycles. The molecule has 1 aliphatic carbocycles. The molecular formula is C17H19FO6. The second kappa shape index (κ2) is 6.68. The lowest BCUT2D eigenvalue weighted by Gasteiger charge is -2.43. The van der Waals surface area contributed by atoms with E-state index in [1.807, 2.05) is 0 Å². The molecule has 1 aromatic carbocycles. The molecule has 1 fully saturated rings. The maximum atomic E-state index is 13.7. The summed E-state index contributed by atoms with van der Waals surface area (Å²) in [6.07, 6.45) is -0.404. The van der Waals surface area contributed by atoms with E-state index in [9.17, 15) is 23.9 Å². The molecule has 1 aromatic rings. The van der Waals surface area contributed by atoms with E-state index >= 15 is 0 Å². The summed E-state index contributed by atoms with van der Waals surface area (Å²) in [5.41, 5.74) is -1.49. The van der Waals surface area contributed by atoms with E-state index in [2.05, 4.69) is 4.74 Å². The highest BCUT2D eigenvalue weighted by Gasteiger charge is 2.56. The van der Waals surface area contributed by atoms with E-state index in [1.54, 1.807) is 0 Å². The zero-order valence-electron chi connectivity index (χ0n) is 13.6. The van der Waals surface area contributed by atoms with Crippen LogP contribution in [0.25, 0.3) is 0 Å². The molecule has 0 radical (unpaired) electrons. The maximum absolute atomic E-state index is 13.7. The predicted octanol–water partition coefficient (Wildman–Crippen LogP) is 1.21. The molecule has 0 aromatic heterocycles. The first-order valence-corrected chi connectivity index (χ1v) is 7.39. The van der Waals surface area contributed by atoms with Gasteiger partial charge in [0.25, 0.3) is 0 Å². The minimum atomic E-state index is -1.73. The van der Waals surface area contributed by atoms with Crippen molar-refractivity contribution in [2.24, 2.45) is 11.8 Å². The van der Waals surface area contributed by atoms with Crippen LogP contribution in [0.5, 0.6) is 0 Å². The van der Waals surface area contributed by atoms with Crippen molar-refractivity contribution in [3.05, 3.63) is 35.6 Å². The number of carbonyl (C=O) groups excluding carboxylic acids is 3. The fraction of sp³-hybridized carbons (Fsp3) is 0.471. The molecule has 0 bridgehead atoms. The van der Waals surface area contributed by atoms with Gasteiger partial charge in [-0.1, -0.05) is 12.1 Å². The van der Waals surface area contributed by atoms with Crippen LogP contribution >= 0.6 is 0 Å². The van der Waals surface area contributed by atoms with Crippen molar-refractivity contribution >= 4 is 17.7 Å². The number of halogens is 1. The van der Waals surface area contributed by atoms with E-state index in [-0.39, 0.29) is 5.56 Å². The molecule has 1 N–H and O–H groups in total. The van der Waals surface area contributed by atoms with Crippen LogP contribution in [-0.4, -0.2) is 42.6 Å². The van der Waals surface area contributed by atoms with Crippen LogP contribution in [0.2, 0.25) is 0 Å². The standard InChI is InChI=1S/C17H19FO6/c1-17(22)8-11(19)13(15(20)23-2)12(14(17)16(21)24-3)9-5-4-6-10(18)7-9/h4-7,12-14,22H,8H2,1-3H3. The lowest BCUT2D eigenvalue weighted by atomic mass is 9.62. The summed E-state index contributed by atoms with van der Waals surface area (Å²) < 4.78 is 23.1. The average Bonchev–Trinajstić information content (AvgIpc) is 2.52. The van der Waals surface area contributed by atoms with Crippen molar-refractivity contribution < 1.29 is 33.4 Å². The van der Waals surface area contributed by atoms with Crippen LogP contribution in [0, 0.1) is 17.7 Å². The molecule has 1 saturated carbocycles. The van der Waals surface area contributed by atoms with Gasteiger partial charge in [0, 0.05) is 12.3 Å². The summed E-state index contributed by atoms with van der Waals surface area (Å²) in [5, 5.41) is 10.6. The number of methoxy groups -OCH3 is 2. The Bertz CT molecular complexity index is 669. The first-order chi connectivity index (χ1) is 11.2. The van der Waals surface area contributed by atoms with Crippen molar-refractivity contribution in [1.82, 2.24) is 0 Å². The van der Waals surface area contributed by atoms with E-state index in [1.165, 1.54) is 25.1 Å². The number of ether oxygens (including phenoxy) is 2. The average molecular weight is 338 g/mol. The smallest absolute Gasteiger partial charge is 0.316 e. The van der Waals surface area contributed by atoms with Gasteiger partial charge in [0.2, 0.25) is 0 Å². The van der Waals surface area contributed by atoms with Gasteiger partial charge in [0.15, 0.2) is 5.78 Å². The highest BCUT2D eigenvalue weighted by atomic mass is 19.1. The Morgan fingerprint density at radius 2 is 1.88 bits per heavy atom. The quantitative estimate of drug-likeness (QED) is 0.658. The Kier molecular flexibility index (Phi) is 5.03. The number of esters is 2. The largest absolute Gasteiger partial charge is 0.469 e. The molecular weight excluding hydrogens is 319 g/mol. The van der Waals surface area contributed by atoms with Crippen LogP contribution in [0.4, 0.5) is 4.39 Å². The molecule has 0 amide bonds. The Labute approximate surface area is 138 Å². The fourth-order valence-electron chi connectivity index (χ4n) is 3.38. The second-order valence-electron chi connectivity index (χ2n) is 6.08. The summed E-state index contributed by atoms with van der Waals surface area (Å²) in [7, 11) is 2.27. The molecule has 7 heteroatoms. The molecule has 1 aliphatic rings. The summed E-state index contributed by atoms with van der Waals surface area (Å²) in [5.74, 6) is -6.39. The Morgan fingerprint density at radius 3 is 2.42 bits per heavy atom. The van der Waals surface area contributed by atoms with Crippen molar-refractivity contribution in [2.75, 3.05) is 14.2 Å². The van der Waals surface area contributed by atoms with Gasteiger partial charge >= 0.3 is 11.9 Å². The van der Waals surface area contributed by atoms with Crippen LogP contribution in [0.15, 0.2) is 24.3 Å². The lowest BCUT2D eigenvalue weighted by molar-refractivity contribution is -0.170. The minimum absolute atomic E-state index is 0.245. The molecule has 0 saturated heterocycles. The SMILES string of the molecule is COC(=O)C1C(=O)CC(C)(O)C(C(=O)OC)C1c1cccc(F)c1. The maximum Gasteiger partial charge on any atom is 0.316 e. The topological polar surface area (TPSA) is 89.9 Å². The number of aliphatic hydroxyl groups is 1. The molecule has 0 spiro atoms. The monoisotopic (exact) mass is 338 g/mol. The van der Waals surface area contributed by atoms with Crippen molar-refractivity contribution in [2.45, 2.75) is 24.9 Å². The molecule has 0 heterocycles. The van der Waals surface area contributed by atoms with Gasteiger partial charge in [0.05, 0.1) is 25.7 Å². The third-order valence-electron chi connectivity index (χ3n) is 4.41. The van der Waals surface area contributed by atoms with Crippen molar-refractivity contribution in [3.63, 3.8) is 0 Å². The van der Waals surface area contributed by atoms with E-state index in [0.717, 1.165) is 20.3 Å². The summed E-state index contributed by atoms with van der Waals surface area (Å²) in [6.45, 7) is 1.33. The number of hydrogen-bond acceptors (Lipinski definition) is 6. The number of ketones is 1. The molecule has 24 heavy (non-hydrogen) atoms. The van der Waals surface area contributed by atoms with Gasteiger partial charge in [-0.25, -0.2) is 4.39 Å². The zero-order valence-corrected chi connectivity index (χ0v) is 13.6. The number of hydrogen-bond donors (Lipinski definition) is 1. The van der Waals surface area contributed by atoms with E-state index < -0.39 is 53.3 Å². The van der Waals surface area contributed by atoms with Crippen LogP contribution < -0.4 is 0 Å². The van der Waals surface area contributed by atoms with Gasteiger partial charge in [0.1, 0.15) is 11.7 Å². The van der Waals surface area contributed by atoms with Crippen LogP contribution in [0.3, 0.4) is 0 Å². The lowest BCUT2D eigenvalue weighted by Crippen LogP contribution is -2.55. The Hall–Kier alpha value is -2.28. The number of benzene rings is 1. The molecule has 6 nitrogen and oxygen atoms in total. The molecule has 4 unspecified atom stereocenters. The first kappa shape index (κ1) is 18.1. The van der Waals surface area contributed by atoms with Gasteiger partial charge in [-0.05, 0) is 24.6 Å². The van der Waals surface area contributed by atoms with Gasteiger partial charge in [-0.2, -0.15) is 0 Å². The van der Waals surface area contributed by atoms with Crippen LogP contribution in [-0.2, 0) is 23.9 Å². The van der Waals surface area contributed by atoms with Crippen molar-refractivity contribution in [1.29, 1.82) is 0 Å². The third kappa shape index (κ3) is 3.17. The highest BCUT2D eigenvalue weighted by molar-refractivity contribution is 6.02. The normalized spacial score (nSPS) is 29.9. The highest BCUT2D eigenvalue weighted by Crippen LogP contribution is 2.46. The number of rotatable bonds is 3. The Balaban J connectivity index is 2.65. The third-order valence-corrected chi connectivity index (χ3v) is 4.41. The van der Waals surface area contributed by atoms with Gasteiger partial charge < -0.3 is 14.6 Å². The summed E-state index contributed by atoms with van der Waals surface area (Å²) in [4.78, 5) is 36.8. The number of Topliss-reactive ketones (excluding diaryl/α,β-unsaturated/α-hetero) is 1. The summed E-state index contributed by atoms with van der Waals surface area (Å²) in [6, 6.07) is 5.23. The van der Waals surface area contributed by atoms with Gasteiger partial charge in [-0.15, -0.1) is 0 Å². The van der Waals surface area contributed by atoms with E-state index in [0.29, 0.717) is 0 Å². The Morgan fingerprint density at radius 1 is 1.25 bits per heavy atom.